The maximum absolute atomic E-state index is 11.4. The number of rotatable bonds is 2. The molecule has 0 aromatic carbocycles. The minimum atomic E-state index is -0.528. The van der Waals surface area contributed by atoms with Crippen molar-refractivity contribution < 1.29 is 9.59 Å². The van der Waals surface area contributed by atoms with Crippen LogP contribution in [0.3, 0.4) is 0 Å². The number of nitrogens with two attached hydrogens (primary N) is 1. The average molecular weight is 197 g/mol. The Morgan fingerprint density at radius 2 is 2.14 bits per heavy atom. The molecule has 0 bridgehead atoms. The number of amides is 2. The van der Waals surface area contributed by atoms with Gasteiger partial charge in [-0.3, -0.25) is 9.59 Å². The molecule has 1 rings (SSSR count). The Morgan fingerprint density at radius 1 is 1.50 bits per heavy atom. The van der Waals surface area contributed by atoms with Crippen LogP contribution >= 0.6 is 0 Å². The number of nitrogens with zero attached hydrogens (tertiary/aromatic N) is 2. The van der Waals surface area contributed by atoms with Crippen LogP contribution in [0.2, 0.25) is 0 Å². The summed E-state index contributed by atoms with van der Waals surface area (Å²) in [6, 6.07) is -0.528. The molecule has 1 atom stereocenters. The summed E-state index contributed by atoms with van der Waals surface area (Å²) in [5.41, 5.74) is 5.22. The summed E-state index contributed by atoms with van der Waals surface area (Å²) in [5.74, 6) is -0.700. The summed E-state index contributed by atoms with van der Waals surface area (Å²) in [6.07, 6.45) is 1.21. The lowest BCUT2D eigenvalue weighted by molar-refractivity contribution is -0.138. The molecule has 5 nitrogen and oxygen atoms in total. The molecular weight excluding hydrogens is 182 g/mol. The van der Waals surface area contributed by atoms with Crippen molar-refractivity contribution in [3.63, 3.8) is 0 Å². The number of piperazine rings is 1. The van der Waals surface area contributed by atoms with Crippen LogP contribution in [0.5, 0.6) is 0 Å². The molecule has 1 aliphatic rings. The molecular formula is C9H15N3O2. The number of likely N-dealkylation sites (N-methyl/N-ethyl adjacent to an activating group) is 1. The second-order valence-corrected chi connectivity index (χ2v) is 3.42. The highest BCUT2D eigenvalue weighted by molar-refractivity contribution is 5.92. The first-order valence-corrected chi connectivity index (χ1v) is 4.47. The minimum Gasteiger partial charge on any atom is -0.368 e. The van der Waals surface area contributed by atoms with Crippen LogP contribution in [0.1, 0.15) is 0 Å². The second kappa shape index (κ2) is 4.23. The highest BCUT2D eigenvalue weighted by Gasteiger charge is 2.31. The van der Waals surface area contributed by atoms with E-state index in [1.807, 2.05) is 11.9 Å². The van der Waals surface area contributed by atoms with Crippen molar-refractivity contribution in [1.29, 1.82) is 0 Å². The van der Waals surface area contributed by atoms with E-state index in [1.165, 1.54) is 11.0 Å². The molecule has 1 unspecified atom stereocenters. The molecule has 0 aromatic rings. The fraction of sp³-hybridized carbons (Fsp3) is 0.556. The quantitative estimate of drug-likeness (QED) is 0.565. The van der Waals surface area contributed by atoms with Gasteiger partial charge in [-0.15, -0.1) is 0 Å². The van der Waals surface area contributed by atoms with E-state index in [2.05, 4.69) is 6.58 Å². The second-order valence-electron chi connectivity index (χ2n) is 3.42. The van der Waals surface area contributed by atoms with Gasteiger partial charge in [0.1, 0.15) is 6.04 Å². The molecule has 1 heterocycles. The van der Waals surface area contributed by atoms with E-state index < -0.39 is 11.9 Å². The third kappa shape index (κ3) is 2.11. The smallest absolute Gasteiger partial charge is 0.246 e. The molecule has 78 valence electrons. The van der Waals surface area contributed by atoms with Crippen LogP contribution in [0.4, 0.5) is 0 Å². The third-order valence-electron chi connectivity index (χ3n) is 2.37. The molecule has 0 spiro atoms. The van der Waals surface area contributed by atoms with Gasteiger partial charge in [0.2, 0.25) is 11.8 Å². The van der Waals surface area contributed by atoms with E-state index >= 15 is 0 Å². The lowest BCUT2D eigenvalue weighted by atomic mass is 10.1. The lowest BCUT2D eigenvalue weighted by Gasteiger charge is -2.37. The Hall–Kier alpha value is -1.36. The SMILES string of the molecule is C=CC(=O)N1CCN(C)CC1C(N)=O. The molecule has 1 fully saturated rings. The predicted molar refractivity (Wildman–Crippen MR) is 52.4 cm³/mol. The highest BCUT2D eigenvalue weighted by atomic mass is 16.2. The zero-order valence-electron chi connectivity index (χ0n) is 8.27. The van der Waals surface area contributed by atoms with Crippen molar-refractivity contribution >= 4 is 11.8 Å². The van der Waals surface area contributed by atoms with Crippen molar-refractivity contribution in [3.05, 3.63) is 12.7 Å². The van der Waals surface area contributed by atoms with Gasteiger partial charge in [0.15, 0.2) is 0 Å². The first-order chi connectivity index (χ1) is 6.56. The van der Waals surface area contributed by atoms with Gasteiger partial charge >= 0.3 is 0 Å². The Balaban J connectivity index is 2.77. The van der Waals surface area contributed by atoms with Gasteiger partial charge in [-0.2, -0.15) is 0 Å². The van der Waals surface area contributed by atoms with E-state index in [0.29, 0.717) is 13.1 Å². The molecule has 14 heavy (non-hydrogen) atoms. The van der Waals surface area contributed by atoms with Crippen LogP contribution < -0.4 is 5.73 Å². The Labute approximate surface area is 83.1 Å². The first-order valence-electron chi connectivity index (χ1n) is 4.47. The topological polar surface area (TPSA) is 66.6 Å². The summed E-state index contributed by atoms with van der Waals surface area (Å²) in [7, 11) is 1.89. The summed E-state index contributed by atoms with van der Waals surface area (Å²) >= 11 is 0. The maximum atomic E-state index is 11.4. The number of primary amides is 1. The molecule has 1 saturated heterocycles. The van der Waals surface area contributed by atoms with Crippen molar-refractivity contribution in [1.82, 2.24) is 9.80 Å². The minimum absolute atomic E-state index is 0.234. The van der Waals surface area contributed by atoms with Gasteiger partial charge < -0.3 is 15.5 Å². The Morgan fingerprint density at radius 3 is 2.64 bits per heavy atom. The van der Waals surface area contributed by atoms with E-state index in [4.69, 9.17) is 5.73 Å². The molecule has 0 saturated carbocycles. The predicted octanol–water partition coefficient (Wildman–Crippen LogP) is -1.20. The lowest BCUT2D eigenvalue weighted by Crippen LogP contribution is -2.58. The van der Waals surface area contributed by atoms with Gasteiger partial charge in [-0.05, 0) is 13.1 Å². The normalized spacial score (nSPS) is 23.2. The Bertz CT molecular complexity index is 265. The van der Waals surface area contributed by atoms with Crippen molar-refractivity contribution in [2.24, 2.45) is 5.73 Å². The summed E-state index contributed by atoms with van der Waals surface area (Å²) in [4.78, 5) is 25.9. The highest BCUT2D eigenvalue weighted by Crippen LogP contribution is 2.08. The van der Waals surface area contributed by atoms with Crippen molar-refractivity contribution in [3.8, 4) is 0 Å². The molecule has 0 radical (unpaired) electrons. The molecule has 5 heteroatoms. The standard InChI is InChI=1S/C9H15N3O2/c1-3-8(13)12-5-4-11(2)6-7(12)9(10)14/h3,7H,1,4-6H2,2H3,(H2,10,14). The van der Waals surface area contributed by atoms with Crippen LogP contribution in [0, 0.1) is 0 Å². The molecule has 0 aliphatic carbocycles. The van der Waals surface area contributed by atoms with E-state index in [0.717, 1.165) is 6.54 Å². The van der Waals surface area contributed by atoms with Gasteiger partial charge in [-0.25, -0.2) is 0 Å². The van der Waals surface area contributed by atoms with Crippen molar-refractivity contribution in [2.45, 2.75) is 6.04 Å². The zero-order valence-corrected chi connectivity index (χ0v) is 8.27. The fourth-order valence-electron chi connectivity index (χ4n) is 1.54. The fourth-order valence-corrected chi connectivity index (χ4v) is 1.54. The van der Waals surface area contributed by atoms with Crippen LogP contribution in [-0.4, -0.2) is 54.3 Å². The molecule has 2 N–H and O–H groups in total. The van der Waals surface area contributed by atoms with Gasteiger partial charge in [-0.1, -0.05) is 6.58 Å². The molecule has 0 aromatic heterocycles. The van der Waals surface area contributed by atoms with Crippen LogP contribution in [-0.2, 0) is 9.59 Å². The summed E-state index contributed by atoms with van der Waals surface area (Å²) in [5, 5.41) is 0. The molecule has 2 amide bonds. The van der Waals surface area contributed by atoms with Gasteiger partial charge in [0, 0.05) is 19.6 Å². The maximum Gasteiger partial charge on any atom is 0.246 e. The van der Waals surface area contributed by atoms with Gasteiger partial charge in [0.25, 0.3) is 0 Å². The largest absolute Gasteiger partial charge is 0.368 e. The van der Waals surface area contributed by atoms with Crippen LogP contribution in [0.15, 0.2) is 12.7 Å². The zero-order chi connectivity index (χ0) is 10.7. The van der Waals surface area contributed by atoms with E-state index in [-0.39, 0.29) is 5.91 Å². The van der Waals surface area contributed by atoms with Crippen LogP contribution in [0.25, 0.3) is 0 Å². The number of carbonyl (C=O) groups excluding carboxylic acids is 2. The average Bonchev–Trinajstić information content (AvgIpc) is 2.16. The van der Waals surface area contributed by atoms with E-state index in [1.54, 1.807) is 0 Å². The Kier molecular flexibility index (Phi) is 3.24. The number of hydrogen-bond acceptors (Lipinski definition) is 3. The summed E-state index contributed by atoms with van der Waals surface area (Å²) in [6.45, 7) is 5.16. The number of hydrogen-bond donors (Lipinski definition) is 1. The molecule has 1 aliphatic heterocycles. The number of carbonyl (C=O) groups is 2. The monoisotopic (exact) mass is 197 g/mol. The third-order valence-corrected chi connectivity index (χ3v) is 2.37. The van der Waals surface area contributed by atoms with Gasteiger partial charge in [0.05, 0.1) is 0 Å². The summed E-state index contributed by atoms with van der Waals surface area (Å²) < 4.78 is 0. The van der Waals surface area contributed by atoms with E-state index in [9.17, 15) is 9.59 Å². The van der Waals surface area contributed by atoms with Crippen molar-refractivity contribution in [2.75, 3.05) is 26.7 Å². The first kappa shape index (κ1) is 10.7.